The van der Waals surface area contributed by atoms with Crippen LogP contribution in [0.15, 0.2) is 66.6 Å². The first-order chi connectivity index (χ1) is 10.8. The minimum atomic E-state index is -0.452. The Morgan fingerprint density at radius 1 is 0.909 bits per heavy atom. The number of rotatable bonds is 4. The van der Waals surface area contributed by atoms with Crippen molar-refractivity contribution in [2.24, 2.45) is 0 Å². The second-order valence-electron chi connectivity index (χ2n) is 4.79. The van der Waals surface area contributed by atoms with E-state index in [1.807, 2.05) is 60.7 Å². The summed E-state index contributed by atoms with van der Waals surface area (Å²) in [7, 11) is 0. The van der Waals surface area contributed by atoms with Gasteiger partial charge in [0.15, 0.2) is 0 Å². The molecule has 22 heavy (non-hydrogen) atoms. The summed E-state index contributed by atoms with van der Waals surface area (Å²) >= 11 is 0. The van der Waals surface area contributed by atoms with Gasteiger partial charge in [0.25, 0.3) is 5.95 Å². The fourth-order valence-corrected chi connectivity index (χ4v) is 2.17. The fraction of sp³-hybridized carbons (Fsp3) is 0.167. The molecule has 2 aromatic carbocycles. The summed E-state index contributed by atoms with van der Waals surface area (Å²) in [5.74, 6) is -0.212. The van der Waals surface area contributed by atoms with Crippen LogP contribution in [0.25, 0.3) is 5.57 Å². The molecule has 0 saturated carbocycles. The van der Waals surface area contributed by atoms with Crippen molar-refractivity contribution in [3.05, 3.63) is 77.7 Å². The number of hydrogen-bond acceptors (Lipinski definition) is 4. The van der Waals surface area contributed by atoms with Crippen LogP contribution in [0.4, 0.5) is 0 Å². The summed E-state index contributed by atoms with van der Waals surface area (Å²) < 4.78 is 16.2. The molecule has 0 aliphatic carbocycles. The molecule has 1 saturated heterocycles. The molecule has 0 aromatic heterocycles. The third kappa shape index (κ3) is 3.28. The van der Waals surface area contributed by atoms with Crippen molar-refractivity contribution in [3.63, 3.8) is 0 Å². The molecule has 1 fully saturated rings. The van der Waals surface area contributed by atoms with Crippen LogP contribution in [-0.4, -0.2) is 19.2 Å². The smallest absolute Gasteiger partial charge is 0.346 e. The molecule has 2 aromatic rings. The summed E-state index contributed by atoms with van der Waals surface area (Å²) in [4.78, 5) is 12.5. The lowest BCUT2D eigenvalue weighted by Crippen LogP contribution is -2.10. The van der Waals surface area contributed by atoms with Crippen LogP contribution in [0.3, 0.4) is 0 Å². The highest BCUT2D eigenvalue weighted by Gasteiger charge is 2.25. The molecule has 4 nitrogen and oxygen atoms in total. The van der Waals surface area contributed by atoms with E-state index >= 15 is 0 Å². The first kappa shape index (κ1) is 14.2. The predicted octanol–water partition coefficient (Wildman–Crippen LogP) is 3.15. The Kier molecular flexibility index (Phi) is 4.39. The molecule has 0 spiro atoms. The molecule has 3 rings (SSSR count). The second kappa shape index (κ2) is 6.80. The largest absolute Gasteiger partial charge is 0.461 e. The van der Waals surface area contributed by atoms with Crippen LogP contribution in [-0.2, 0) is 25.6 Å². The third-order valence-electron chi connectivity index (χ3n) is 3.23. The highest BCUT2D eigenvalue weighted by Crippen LogP contribution is 2.25. The van der Waals surface area contributed by atoms with Crippen LogP contribution in [0.2, 0.25) is 0 Å². The lowest BCUT2D eigenvalue weighted by Gasteiger charge is -2.10. The molecule has 0 N–H and O–H groups in total. The van der Waals surface area contributed by atoms with Gasteiger partial charge in [0.2, 0.25) is 0 Å². The van der Waals surface area contributed by atoms with Crippen LogP contribution >= 0.6 is 0 Å². The van der Waals surface area contributed by atoms with E-state index in [1.54, 1.807) is 0 Å². The molecule has 0 radical (unpaired) electrons. The minimum absolute atomic E-state index is 0.212. The van der Waals surface area contributed by atoms with E-state index in [9.17, 15) is 4.79 Å². The monoisotopic (exact) mass is 296 g/mol. The molecule has 1 heterocycles. The summed E-state index contributed by atoms with van der Waals surface area (Å²) in [6, 6.07) is 18.8. The van der Waals surface area contributed by atoms with Gasteiger partial charge in [0.05, 0.1) is 0 Å². The highest BCUT2D eigenvalue weighted by atomic mass is 16.7. The average molecular weight is 296 g/mol. The average Bonchev–Trinajstić information content (AvgIpc) is 3.09. The summed E-state index contributed by atoms with van der Waals surface area (Å²) in [6.45, 7) is 1.10. The molecular weight excluding hydrogens is 280 g/mol. The zero-order valence-electron chi connectivity index (χ0n) is 12.0. The van der Waals surface area contributed by atoms with Gasteiger partial charge in [-0.2, -0.15) is 0 Å². The zero-order chi connectivity index (χ0) is 15.2. The van der Waals surface area contributed by atoms with Gasteiger partial charge in [-0.05, 0) is 11.1 Å². The number of benzene rings is 2. The molecular formula is C18H16O4. The molecule has 1 aliphatic heterocycles. The van der Waals surface area contributed by atoms with E-state index in [1.165, 1.54) is 0 Å². The summed E-state index contributed by atoms with van der Waals surface area (Å²) in [5.41, 5.74) is 1.98. The topological polar surface area (TPSA) is 44.8 Å². The first-order valence-corrected chi connectivity index (χ1v) is 7.11. The second-order valence-corrected chi connectivity index (χ2v) is 4.79. The van der Waals surface area contributed by atoms with Crippen molar-refractivity contribution in [3.8, 4) is 0 Å². The van der Waals surface area contributed by atoms with Crippen molar-refractivity contribution in [2.45, 2.75) is 6.61 Å². The quantitative estimate of drug-likeness (QED) is 0.642. The Morgan fingerprint density at radius 2 is 1.50 bits per heavy atom. The molecule has 1 aliphatic rings. The Labute approximate surface area is 128 Å². The number of carbonyl (C=O) groups is 1. The van der Waals surface area contributed by atoms with Gasteiger partial charge in [-0.1, -0.05) is 60.7 Å². The maximum absolute atomic E-state index is 12.5. The first-order valence-electron chi connectivity index (χ1n) is 7.11. The molecule has 0 atom stereocenters. The van der Waals surface area contributed by atoms with Crippen LogP contribution in [0.5, 0.6) is 0 Å². The van der Waals surface area contributed by atoms with Crippen molar-refractivity contribution < 1.29 is 19.0 Å². The highest BCUT2D eigenvalue weighted by molar-refractivity contribution is 6.16. The number of hydrogen-bond donors (Lipinski definition) is 0. The Morgan fingerprint density at radius 3 is 2.14 bits per heavy atom. The van der Waals surface area contributed by atoms with Gasteiger partial charge in [-0.3, -0.25) is 0 Å². The van der Waals surface area contributed by atoms with Crippen LogP contribution in [0.1, 0.15) is 11.1 Å². The molecule has 0 bridgehead atoms. The van der Waals surface area contributed by atoms with E-state index in [4.69, 9.17) is 14.2 Å². The number of ether oxygens (including phenoxy) is 3. The van der Waals surface area contributed by atoms with E-state index in [-0.39, 0.29) is 12.6 Å². The van der Waals surface area contributed by atoms with Gasteiger partial charge in [-0.25, -0.2) is 4.79 Å². The van der Waals surface area contributed by atoms with E-state index < -0.39 is 5.97 Å². The maximum atomic E-state index is 12.5. The summed E-state index contributed by atoms with van der Waals surface area (Å²) in [6.07, 6.45) is 0. The van der Waals surface area contributed by atoms with Crippen molar-refractivity contribution >= 4 is 11.5 Å². The number of carbonyl (C=O) groups excluding carboxylic acids is 1. The Bertz CT molecular complexity index is 654. The normalized spacial score (nSPS) is 13.2. The van der Waals surface area contributed by atoms with E-state index in [2.05, 4.69) is 0 Å². The van der Waals surface area contributed by atoms with Gasteiger partial charge in [0.1, 0.15) is 25.4 Å². The Hall–Kier alpha value is -2.75. The minimum Gasteiger partial charge on any atom is -0.461 e. The van der Waals surface area contributed by atoms with Gasteiger partial charge in [-0.15, -0.1) is 0 Å². The molecule has 0 amide bonds. The lowest BCUT2D eigenvalue weighted by atomic mass is 10.1. The maximum Gasteiger partial charge on any atom is 0.346 e. The Balaban J connectivity index is 1.81. The summed E-state index contributed by atoms with van der Waals surface area (Å²) in [5, 5.41) is 0. The van der Waals surface area contributed by atoms with Crippen molar-refractivity contribution in [1.29, 1.82) is 0 Å². The van der Waals surface area contributed by atoms with Gasteiger partial charge in [0, 0.05) is 0 Å². The zero-order valence-corrected chi connectivity index (χ0v) is 12.0. The SMILES string of the molecule is O=C(OCc1ccccc1)C(=C1OCCO1)c1ccccc1. The van der Waals surface area contributed by atoms with Crippen LogP contribution in [0, 0.1) is 0 Å². The van der Waals surface area contributed by atoms with Crippen LogP contribution < -0.4 is 0 Å². The van der Waals surface area contributed by atoms with Gasteiger partial charge < -0.3 is 14.2 Å². The van der Waals surface area contributed by atoms with E-state index in [0.29, 0.717) is 18.8 Å². The molecule has 4 heteroatoms. The number of esters is 1. The predicted molar refractivity (Wildman–Crippen MR) is 81.5 cm³/mol. The molecule has 112 valence electrons. The lowest BCUT2D eigenvalue weighted by molar-refractivity contribution is -0.138. The van der Waals surface area contributed by atoms with E-state index in [0.717, 1.165) is 11.1 Å². The van der Waals surface area contributed by atoms with Gasteiger partial charge >= 0.3 is 5.97 Å². The third-order valence-corrected chi connectivity index (χ3v) is 3.23. The van der Waals surface area contributed by atoms with Crippen molar-refractivity contribution in [1.82, 2.24) is 0 Å². The molecule has 0 unspecified atom stereocenters. The van der Waals surface area contributed by atoms with Crippen molar-refractivity contribution in [2.75, 3.05) is 13.2 Å². The fourth-order valence-electron chi connectivity index (χ4n) is 2.17. The standard InChI is InChI=1S/C18H16O4/c19-17(22-13-14-7-3-1-4-8-14)16(18-20-11-12-21-18)15-9-5-2-6-10-15/h1-10H,11-13H2.